The van der Waals surface area contributed by atoms with Crippen LogP contribution < -0.4 is 4.74 Å². The summed E-state index contributed by atoms with van der Waals surface area (Å²) in [6.45, 7) is 4.07. The highest BCUT2D eigenvalue weighted by atomic mass is 16.5. The number of para-hydroxylation sites is 1. The third kappa shape index (κ3) is 3.33. The fourth-order valence-electron chi connectivity index (χ4n) is 1.83. The number of carbonyl (C=O) groups excluding carboxylic acids is 1. The summed E-state index contributed by atoms with van der Waals surface area (Å²) in [5.41, 5.74) is 0.663. The van der Waals surface area contributed by atoms with Crippen LogP contribution in [0.4, 0.5) is 0 Å². The Kier molecular flexibility index (Phi) is 5.38. The molecule has 0 N–H and O–H groups in total. The third-order valence-electron chi connectivity index (χ3n) is 3.15. The Morgan fingerprint density at radius 1 is 1.44 bits per heavy atom. The third-order valence-corrected chi connectivity index (χ3v) is 3.15. The highest BCUT2D eigenvalue weighted by molar-refractivity contribution is 5.89. The number of ether oxygens (including phenoxy) is 1. The molecule has 0 aliphatic carbocycles. The van der Waals surface area contributed by atoms with Gasteiger partial charge in [-0.3, -0.25) is 4.79 Å². The summed E-state index contributed by atoms with van der Waals surface area (Å²) < 4.78 is 5.21. The standard InChI is InChI=1S/C15H19NO2/c1-4-11(2)9-14(17)13(10-16)12-7-5-6-8-15(12)18-3/h5-8,11,13H,4,9H2,1-3H3. The molecule has 1 aromatic rings. The van der Waals surface area contributed by atoms with Crippen molar-refractivity contribution in [3.05, 3.63) is 29.8 Å². The maximum Gasteiger partial charge on any atom is 0.154 e. The van der Waals surface area contributed by atoms with E-state index in [9.17, 15) is 10.1 Å². The van der Waals surface area contributed by atoms with Gasteiger partial charge in [-0.2, -0.15) is 5.26 Å². The average molecular weight is 245 g/mol. The van der Waals surface area contributed by atoms with Gasteiger partial charge in [-0.15, -0.1) is 0 Å². The number of nitrogens with zero attached hydrogens (tertiary/aromatic N) is 1. The minimum Gasteiger partial charge on any atom is -0.496 e. The lowest BCUT2D eigenvalue weighted by Crippen LogP contribution is -2.14. The van der Waals surface area contributed by atoms with Crippen molar-refractivity contribution in [1.82, 2.24) is 0 Å². The summed E-state index contributed by atoms with van der Waals surface area (Å²) in [5.74, 6) is 0.149. The first-order chi connectivity index (χ1) is 8.63. The van der Waals surface area contributed by atoms with Crippen molar-refractivity contribution in [2.45, 2.75) is 32.6 Å². The topological polar surface area (TPSA) is 50.1 Å². The molecule has 0 aliphatic rings. The van der Waals surface area contributed by atoms with E-state index in [1.807, 2.05) is 26.0 Å². The second kappa shape index (κ2) is 6.80. The Bertz CT molecular complexity index is 448. The van der Waals surface area contributed by atoms with E-state index < -0.39 is 5.92 Å². The minimum atomic E-state index is -0.727. The molecule has 1 aromatic carbocycles. The van der Waals surface area contributed by atoms with E-state index in [1.54, 1.807) is 19.2 Å². The van der Waals surface area contributed by atoms with Crippen LogP contribution in [0, 0.1) is 17.2 Å². The monoisotopic (exact) mass is 245 g/mol. The number of methoxy groups -OCH3 is 1. The van der Waals surface area contributed by atoms with E-state index >= 15 is 0 Å². The van der Waals surface area contributed by atoms with Crippen molar-refractivity contribution in [3.63, 3.8) is 0 Å². The number of hydrogen-bond acceptors (Lipinski definition) is 3. The van der Waals surface area contributed by atoms with Crippen LogP contribution in [0.1, 0.15) is 38.2 Å². The van der Waals surface area contributed by atoms with E-state index in [0.717, 1.165) is 6.42 Å². The summed E-state index contributed by atoms with van der Waals surface area (Å²) in [7, 11) is 1.55. The van der Waals surface area contributed by atoms with Gasteiger partial charge in [0.1, 0.15) is 11.7 Å². The molecule has 0 fully saturated rings. The number of rotatable bonds is 6. The summed E-state index contributed by atoms with van der Waals surface area (Å²) >= 11 is 0. The Morgan fingerprint density at radius 2 is 2.11 bits per heavy atom. The quantitative estimate of drug-likeness (QED) is 0.772. The second-order valence-corrected chi connectivity index (χ2v) is 4.49. The Hall–Kier alpha value is -1.82. The number of benzene rings is 1. The smallest absolute Gasteiger partial charge is 0.154 e. The molecular weight excluding hydrogens is 226 g/mol. The predicted octanol–water partition coefficient (Wildman–Crippen LogP) is 3.31. The zero-order valence-electron chi connectivity index (χ0n) is 11.1. The number of Topliss-reactive ketones (excluding diaryl/α,β-unsaturated/α-hetero) is 1. The van der Waals surface area contributed by atoms with Gasteiger partial charge in [0, 0.05) is 12.0 Å². The average Bonchev–Trinajstić information content (AvgIpc) is 2.40. The van der Waals surface area contributed by atoms with E-state index in [-0.39, 0.29) is 5.78 Å². The van der Waals surface area contributed by atoms with Gasteiger partial charge in [0.25, 0.3) is 0 Å². The maximum atomic E-state index is 12.1. The summed E-state index contributed by atoms with van der Waals surface area (Å²) in [6.07, 6.45) is 1.38. The Morgan fingerprint density at radius 3 is 2.67 bits per heavy atom. The van der Waals surface area contributed by atoms with Crippen molar-refractivity contribution in [2.24, 2.45) is 5.92 Å². The molecule has 0 radical (unpaired) electrons. The van der Waals surface area contributed by atoms with Crippen LogP contribution in [0.15, 0.2) is 24.3 Å². The molecule has 0 aromatic heterocycles. The van der Waals surface area contributed by atoms with Crippen molar-refractivity contribution in [2.75, 3.05) is 7.11 Å². The molecule has 18 heavy (non-hydrogen) atoms. The second-order valence-electron chi connectivity index (χ2n) is 4.49. The van der Waals surface area contributed by atoms with Gasteiger partial charge in [0.15, 0.2) is 5.78 Å². The molecule has 96 valence electrons. The van der Waals surface area contributed by atoms with Crippen molar-refractivity contribution in [3.8, 4) is 11.8 Å². The molecule has 0 amide bonds. The largest absolute Gasteiger partial charge is 0.496 e. The number of ketones is 1. The van der Waals surface area contributed by atoms with Crippen LogP contribution in [0.2, 0.25) is 0 Å². The summed E-state index contributed by atoms with van der Waals surface area (Å²) in [4.78, 5) is 12.1. The van der Waals surface area contributed by atoms with Crippen LogP contribution in [-0.2, 0) is 4.79 Å². The Balaban J connectivity index is 2.96. The van der Waals surface area contributed by atoms with Crippen LogP contribution in [0.25, 0.3) is 0 Å². The molecule has 2 unspecified atom stereocenters. The number of nitriles is 1. The zero-order chi connectivity index (χ0) is 13.5. The van der Waals surface area contributed by atoms with E-state index in [1.165, 1.54) is 0 Å². The van der Waals surface area contributed by atoms with Gasteiger partial charge in [0.2, 0.25) is 0 Å². The molecule has 0 aliphatic heterocycles. The van der Waals surface area contributed by atoms with E-state index in [4.69, 9.17) is 4.74 Å². The lowest BCUT2D eigenvalue weighted by atomic mass is 9.89. The van der Waals surface area contributed by atoms with Crippen molar-refractivity contribution in [1.29, 1.82) is 5.26 Å². The van der Waals surface area contributed by atoms with Gasteiger partial charge in [-0.05, 0) is 12.0 Å². The minimum absolute atomic E-state index is 0.0312. The first kappa shape index (κ1) is 14.2. The molecule has 0 saturated heterocycles. The lowest BCUT2D eigenvalue weighted by Gasteiger charge is -2.14. The number of hydrogen-bond donors (Lipinski definition) is 0. The van der Waals surface area contributed by atoms with E-state index in [0.29, 0.717) is 23.7 Å². The fourth-order valence-corrected chi connectivity index (χ4v) is 1.83. The molecule has 3 heteroatoms. The molecule has 1 rings (SSSR count). The first-order valence-electron chi connectivity index (χ1n) is 6.19. The fraction of sp³-hybridized carbons (Fsp3) is 0.467. The van der Waals surface area contributed by atoms with Crippen molar-refractivity contribution >= 4 is 5.78 Å². The van der Waals surface area contributed by atoms with Gasteiger partial charge < -0.3 is 4.74 Å². The van der Waals surface area contributed by atoms with Gasteiger partial charge in [0.05, 0.1) is 13.2 Å². The van der Waals surface area contributed by atoms with Gasteiger partial charge >= 0.3 is 0 Å². The molecule has 2 atom stereocenters. The van der Waals surface area contributed by atoms with E-state index in [2.05, 4.69) is 6.07 Å². The maximum absolute atomic E-state index is 12.1. The summed E-state index contributed by atoms with van der Waals surface area (Å²) in [5, 5.41) is 9.23. The SMILES string of the molecule is CCC(C)CC(=O)C(C#N)c1ccccc1OC. The molecule has 3 nitrogen and oxygen atoms in total. The lowest BCUT2D eigenvalue weighted by molar-refractivity contribution is -0.120. The van der Waals surface area contributed by atoms with Crippen LogP contribution in [0.5, 0.6) is 5.75 Å². The normalized spacial score (nSPS) is 13.4. The van der Waals surface area contributed by atoms with Crippen LogP contribution >= 0.6 is 0 Å². The molecular formula is C15H19NO2. The van der Waals surface area contributed by atoms with Crippen LogP contribution in [0.3, 0.4) is 0 Å². The van der Waals surface area contributed by atoms with Crippen LogP contribution in [-0.4, -0.2) is 12.9 Å². The highest BCUT2D eigenvalue weighted by Gasteiger charge is 2.24. The summed E-state index contributed by atoms with van der Waals surface area (Å²) in [6, 6.07) is 9.29. The number of carbonyl (C=O) groups is 1. The highest BCUT2D eigenvalue weighted by Crippen LogP contribution is 2.28. The zero-order valence-corrected chi connectivity index (χ0v) is 11.1. The Labute approximate surface area is 108 Å². The molecule has 0 heterocycles. The van der Waals surface area contributed by atoms with Crippen molar-refractivity contribution < 1.29 is 9.53 Å². The molecule has 0 spiro atoms. The predicted molar refractivity (Wildman–Crippen MR) is 70.4 cm³/mol. The molecule has 0 bridgehead atoms. The first-order valence-corrected chi connectivity index (χ1v) is 6.19. The molecule has 0 saturated carbocycles. The van der Waals surface area contributed by atoms with Gasteiger partial charge in [-0.25, -0.2) is 0 Å². The van der Waals surface area contributed by atoms with Gasteiger partial charge in [-0.1, -0.05) is 38.5 Å².